The minimum atomic E-state index is -2.02. The zero-order chi connectivity index (χ0) is 19.2. The summed E-state index contributed by atoms with van der Waals surface area (Å²) in [6.07, 6.45) is 0.143. The van der Waals surface area contributed by atoms with Crippen molar-refractivity contribution in [3.05, 3.63) is 127 Å². The van der Waals surface area contributed by atoms with E-state index in [0.29, 0.717) is 6.16 Å². The molecule has 0 aliphatic carbocycles. The first kappa shape index (κ1) is 18.6. The highest BCUT2D eigenvalue weighted by molar-refractivity contribution is 7.95. The summed E-state index contributed by atoms with van der Waals surface area (Å²) in [5.41, 5.74) is 0.967. The van der Waals surface area contributed by atoms with Crippen molar-refractivity contribution in [2.24, 2.45) is 0 Å². The Kier molecular flexibility index (Phi) is 5.67. The summed E-state index contributed by atoms with van der Waals surface area (Å²) >= 11 is 0. The van der Waals surface area contributed by atoms with E-state index in [9.17, 15) is 5.11 Å². The molecule has 1 nitrogen and oxygen atoms in total. The molecule has 0 radical (unpaired) electrons. The minimum Gasteiger partial charge on any atom is -0.385 e. The van der Waals surface area contributed by atoms with Gasteiger partial charge >= 0.3 is 0 Å². The second-order valence-corrected chi connectivity index (χ2v) is 10.5. The fraction of sp³-hybridized carbons (Fsp3) is 0.0769. The number of benzene rings is 4. The molecule has 0 amide bonds. The monoisotopic (exact) mass is 383 g/mol. The number of aliphatic hydroxyl groups excluding tert-OH is 1. The van der Waals surface area contributed by atoms with Gasteiger partial charge in [0.05, 0.1) is 0 Å². The van der Waals surface area contributed by atoms with Crippen LogP contribution in [0.3, 0.4) is 0 Å². The Balaban J connectivity index is 1.93. The third-order valence-corrected chi connectivity index (χ3v) is 9.65. The Morgan fingerprint density at radius 1 is 0.500 bits per heavy atom. The number of rotatable bonds is 6. The van der Waals surface area contributed by atoms with E-state index in [2.05, 4.69) is 91.0 Å². The second kappa shape index (κ2) is 8.52. The standard InChI is InChI=1S/C26H24OP/c27-26(22-13-5-1-6-14-22)21-28(23-15-7-2-8-16-23,24-17-9-3-10-18-24)25-19-11-4-12-20-25/h1-20,26-27H,21H2/q+1. The van der Waals surface area contributed by atoms with Crippen LogP contribution in [-0.2, 0) is 0 Å². The van der Waals surface area contributed by atoms with Crippen molar-refractivity contribution in [1.29, 1.82) is 0 Å². The molecule has 138 valence electrons. The highest BCUT2D eigenvalue weighted by Crippen LogP contribution is 2.57. The molecule has 1 atom stereocenters. The molecule has 0 aromatic heterocycles. The fourth-order valence-electron chi connectivity index (χ4n) is 3.85. The lowest BCUT2D eigenvalue weighted by Gasteiger charge is -2.29. The molecule has 0 saturated carbocycles. The van der Waals surface area contributed by atoms with Crippen LogP contribution >= 0.6 is 7.26 Å². The van der Waals surface area contributed by atoms with Gasteiger partial charge in [-0.2, -0.15) is 0 Å². The van der Waals surface area contributed by atoms with E-state index in [1.807, 2.05) is 30.3 Å². The average molecular weight is 383 g/mol. The van der Waals surface area contributed by atoms with E-state index < -0.39 is 13.4 Å². The van der Waals surface area contributed by atoms with Gasteiger partial charge in [-0.25, -0.2) is 0 Å². The molecular formula is C26H24OP+. The molecule has 0 aliphatic heterocycles. The quantitative estimate of drug-likeness (QED) is 0.478. The van der Waals surface area contributed by atoms with E-state index >= 15 is 0 Å². The molecule has 4 aromatic carbocycles. The molecule has 4 aromatic rings. The third kappa shape index (κ3) is 3.64. The molecule has 2 heteroatoms. The lowest BCUT2D eigenvalue weighted by molar-refractivity contribution is 0.203. The predicted molar refractivity (Wildman–Crippen MR) is 121 cm³/mol. The van der Waals surface area contributed by atoms with Gasteiger partial charge in [0.25, 0.3) is 0 Å². The van der Waals surface area contributed by atoms with E-state index in [-0.39, 0.29) is 0 Å². The summed E-state index contributed by atoms with van der Waals surface area (Å²) in [7, 11) is -2.02. The summed E-state index contributed by atoms with van der Waals surface area (Å²) in [6.45, 7) is 0. The number of hydrogen-bond acceptors (Lipinski definition) is 1. The molecule has 1 unspecified atom stereocenters. The van der Waals surface area contributed by atoms with Crippen molar-refractivity contribution in [1.82, 2.24) is 0 Å². The third-order valence-electron chi connectivity index (χ3n) is 5.22. The van der Waals surface area contributed by atoms with Gasteiger partial charge in [-0.15, -0.1) is 0 Å². The molecule has 1 N–H and O–H groups in total. The average Bonchev–Trinajstić information content (AvgIpc) is 2.80. The van der Waals surface area contributed by atoms with Gasteiger partial charge in [0.2, 0.25) is 0 Å². The highest BCUT2D eigenvalue weighted by atomic mass is 31.2. The van der Waals surface area contributed by atoms with Crippen molar-refractivity contribution in [3.63, 3.8) is 0 Å². The van der Waals surface area contributed by atoms with Crippen LogP contribution in [0.25, 0.3) is 0 Å². The summed E-state index contributed by atoms with van der Waals surface area (Å²) < 4.78 is 0. The number of aliphatic hydroxyl groups is 1. The Labute approximate surface area is 167 Å². The summed E-state index contributed by atoms with van der Waals surface area (Å²) in [4.78, 5) is 0. The Morgan fingerprint density at radius 3 is 1.18 bits per heavy atom. The van der Waals surface area contributed by atoms with Crippen LogP contribution in [0.5, 0.6) is 0 Å². The zero-order valence-corrected chi connectivity index (χ0v) is 16.6. The van der Waals surface area contributed by atoms with E-state index in [4.69, 9.17) is 0 Å². The smallest absolute Gasteiger partial charge is 0.115 e. The summed E-state index contributed by atoms with van der Waals surface area (Å²) in [6, 6.07) is 42.1. The van der Waals surface area contributed by atoms with Crippen LogP contribution in [-0.4, -0.2) is 11.3 Å². The molecular weight excluding hydrogens is 359 g/mol. The van der Waals surface area contributed by atoms with Crippen LogP contribution < -0.4 is 15.9 Å². The van der Waals surface area contributed by atoms with Crippen LogP contribution in [0.2, 0.25) is 0 Å². The predicted octanol–water partition coefficient (Wildman–Crippen LogP) is 4.71. The number of hydrogen-bond donors (Lipinski definition) is 1. The summed E-state index contributed by atoms with van der Waals surface area (Å²) in [5, 5.41) is 15.1. The molecule has 0 fully saturated rings. The molecule has 0 spiro atoms. The minimum absolute atomic E-state index is 0.532. The van der Waals surface area contributed by atoms with Gasteiger partial charge in [-0.3, -0.25) is 0 Å². The van der Waals surface area contributed by atoms with Crippen molar-refractivity contribution < 1.29 is 5.11 Å². The van der Waals surface area contributed by atoms with Crippen LogP contribution in [0.4, 0.5) is 0 Å². The Hall–Kier alpha value is -2.73. The van der Waals surface area contributed by atoms with Gasteiger partial charge in [0.1, 0.15) is 35.4 Å². The van der Waals surface area contributed by atoms with Crippen molar-refractivity contribution in [2.45, 2.75) is 6.10 Å². The topological polar surface area (TPSA) is 20.2 Å². The SMILES string of the molecule is OC(C[P+](c1ccccc1)(c1ccccc1)c1ccccc1)c1ccccc1. The van der Waals surface area contributed by atoms with Gasteiger partial charge in [0, 0.05) is 0 Å². The van der Waals surface area contributed by atoms with Crippen molar-refractivity contribution in [3.8, 4) is 0 Å². The summed E-state index contributed by atoms with van der Waals surface area (Å²) in [5.74, 6) is 0. The highest BCUT2D eigenvalue weighted by Gasteiger charge is 2.47. The first-order valence-corrected chi connectivity index (χ1v) is 11.6. The maximum Gasteiger partial charge on any atom is 0.115 e. The van der Waals surface area contributed by atoms with Gasteiger partial charge in [-0.1, -0.05) is 84.9 Å². The Bertz CT molecular complexity index is 889. The fourth-order valence-corrected chi connectivity index (χ4v) is 8.15. The maximum absolute atomic E-state index is 11.3. The van der Waals surface area contributed by atoms with Crippen LogP contribution in [0.1, 0.15) is 11.7 Å². The molecule has 0 heterocycles. The second-order valence-electron chi connectivity index (χ2n) is 6.93. The van der Waals surface area contributed by atoms with Crippen LogP contribution in [0.15, 0.2) is 121 Å². The van der Waals surface area contributed by atoms with E-state index in [1.54, 1.807) is 0 Å². The lowest BCUT2D eigenvalue weighted by Crippen LogP contribution is -2.35. The van der Waals surface area contributed by atoms with Crippen LogP contribution in [0, 0.1) is 0 Å². The van der Waals surface area contributed by atoms with Crippen molar-refractivity contribution in [2.75, 3.05) is 6.16 Å². The largest absolute Gasteiger partial charge is 0.385 e. The molecule has 0 aliphatic rings. The maximum atomic E-state index is 11.3. The molecule has 28 heavy (non-hydrogen) atoms. The molecule has 0 bridgehead atoms. The van der Waals surface area contributed by atoms with Gasteiger partial charge < -0.3 is 5.11 Å². The lowest BCUT2D eigenvalue weighted by atomic mass is 10.1. The van der Waals surface area contributed by atoms with Gasteiger partial charge in [-0.05, 0) is 42.0 Å². The van der Waals surface area contributed by atoms with E-state index in [0.717, 1.165) is 5.56 Å². The van der Waals surface area contributed by atoms with Gasteiger partial charge in [0.15, 0.2) is 0 Å². The molecule has 4 rings (SSSR count). The van der Waals surface area contributed by atoms with Crippen molar-refractivity contribution >= 4 is 23.2 Å². The normalized spacial score (nSPS) is 12.5. The first-order valence-electron chi connectivity index (χ1n) is 9.58. The molecule has 0 saturated heterocycles. The Morgan fingerprint density at radius 2 is 0.821 bits per heavy atom. The zero-order valence-electron chi connectivity index (χ0n) is 15.7. The van der Waals surface area contributed by atoms with E-state index in [1.165, 1.54) is 15.9 Å². The first-order chi connectivity index (χ1) is 13.8.